The maximum absolute atomic E-state index is 12.9. The fraction of sp³-hybridized carbons (Fsp3) is 0.649. The van der Waals surface area contributed by atoms with Gasteiger partial charge in [-0.2, -0.15) is 0 Å². The summed E-state index contributed by atoms with van der Waals surface area (Å²) in [6.45, 7) is 6.36. The van der Waals surface area contributed by atoms with E-state index in [1.807, 2.05) is 0 Å². The maximum Gasteiger partial charge on any atom is 0.306 e. The lowest BCUT2D eigenvalue weighted by molar-refractivity contribution is -0.167. The van der Waals surface area contributed by atoms with Crippen molar-refractivity contribution >= 4 is 17.9 Å². The first-order valence-electron chi connectivity index (χ1n) is 34.3. The zero-order valence-electron chi connectivity index (χ0n) is 53.9. The van der Waals surface area contributed by atoms with Gasteiger partial charge in [0.1, 0.15) is 13.2 Å². The Labute approximate surface area is 512 Å². The van der Waals surface area contributed by atoms with E-state index in [4.69, 9.17) is 14.2 Å². The Bertz CT molecular complexity index is 1800. The lowest BCUT2D eigenvalue weighted by Crippen LogP contribution is -2.30. The predicted octanol–water partition coefficient (Wildman–Crippen LogP) is 23.9. The van der Waals surface area contributed by atoms with Crippen molar-refractivity contribution in [3.8, 4) is 0 Å². The Balaban J connectivity index is 4.27. The van der Waals surface area contributed by atoms with Crippen molar-refractivity contribution in [3.05, 3.63) is 146 Å². The molecule has 0 heterocycles. The summed E-state index contributed by atoms with van der Waals surface area (Å²) in [5.74, 6) is -0.936. The van der Waals surface area contributed by atoms with Crippen molar-refractivity contribution in [1.29, 1.82) is 0 Å². The molecule has 0 saturated heterocycles. The molecule has 470 valence electrons. The lowest BCUT2D eigenvalue weighted by Gasteiger charge is -2.18. The van der Waals surface area contributed by atoms with E-state index in [0.717, 1.165) is 148 Å². The van der Waals surface area contributed by atoms with Gasteiger partial charge in [-0.3, -0.25) is 14.4 Å². The first-order chi connectivity index (χ1) is 41.0. The second-order valence-electron chi connectivity index (χ2n) is 22.3. The SMILES string of the molecule is CC/C=C\C/C=C\C/C=C\C/C=C\C/C=C\C/C=C\CCCCCCCCCCCCCCCCC(=O)OCC(COC(=O)CCCCC/C=C\C/C=C\C/C=C\CC)OC(=O)CCCCCCCC/C=C\C/C=C\C/C=C\CCCCC. The second kappa shape index (κ2) is 69.8. The highest BCUT2D eigenvalue weighted by Gasteiger charge is 2.19. The van der Waals surface area contributed by atoms with E-state index in [1.54, 1.807) is 0 Å². The van der Waals surface area contributed by atoms with Crippen molar-refractivity contribution in [1.82, 2.24) is 0 Å². The number of hydrogen-bond donors (Lipinski definition) is 0. The summed E-state index contributed by atoms with van der Waals surface area (Å²) < 4.78 is 16.9. The summed E-state index contributed by atoms with van der Waals surface area (Å²) >= 11 is 0. The number of ether oxygens (including phenoxy) is 3. The molecule has 0 aromatic carbocycles. The van der Waals surface area contributed by atoms with Gasteiger partial charge in [-0.1, -0.05) is 289 Å². The van der Waals surface area contributed by atoms with Crippen LogP contribution < -0.4 is 0 Å². The monoisotopic (exact) mass is 1150 g/mol. The Morgan fingerprint density at radius 3 is 0.747 bits per heavy atom. The number of rotatable bonds is 61. The maximum atomic E-state index is 12.9. The molecule has 6 heteroatoms. The zero-order valence-corrected chi connectivity index (χ0v) is 53.9. The molecule has 0 N–H and O–H groups in total. The van der Waals surface area contributed by atoms with Crippen molar-refractivity contribution < 1.29 is 28.6 Å². The third kappa shape index (κ3) is 68.0. The van der Waals surface area contributed by atoms with E-state index < -0.39 is 6.10 Å². The van der Waals surface area contributed by atoms with Crippen LogP contribution >= 0.6 is 0 Å². The van der Waals surface area contributed by atoms with Crippen LogP contribution in [0.25, 0.3) is 0 Å². The summed E-state index contributed by atoms with van der Waals surface area (Å²) in [6.07, 6.45) is 100. The molecular formula is C77H126O6. The molecular weight excluding hydrogens is 1020 g/mol. The van der Waals surface area contributed by atoms with E-state index >= 15 is 0 Å². The van der Waals surface area contributed by atoms with Gasteiger partial charge in [-0.05, 0) is 141 Å². The molecule has 0 aromatic rings. The number of carbonyl (C=O) groups excluding carboxylic acids is 3. The van der Waals surface area contributed by atoms with Crippen molar-refractivity contribution in [2.24, 2.45) is 0 Å². The minimum atomic E-state index is -0.803. The normalized spacial score (nSPS) is 13.0. The van der Waals surface area contributed by atoms with Gasteiger partial charge < -0.3 is 14.2 Å². The highest BCUT2D eigenvalue weighted by molar-refractivity contribution is 5.71. The molecule has 0 bridgehead atoms. The van der Waals surface area contributed by atoms with Gasteiger partial charge in [0.2, 0.25) is 0 Å². The van der Waals surface area contributed by atoms with Crippen molar-refractivity contribution in [2.45, 2.75) is 309 Å². The number of carbonyl (C=O) groups is 3. The third-order valence-electron chi connectivity index (χ3n) is 14.3. The standard InChI is InChI=1S/C77H126O6/c1-4-7-10-13-16-19-22-25-27-29-31-32-33-34-35-36-37-38-39-40-41-42-43-44-46-47-49-52-55-58-61-64-67-70-76(79)82-73-74(72-81-75(78)69-66-63-60-57-54-51-24-21-18-15-12-9-6-3)83-77(80)71-68-65-62-59-56-53-50-48-45-30-28-26-23-20-17-14-11-8-5-2/h7,9-10,12,16-21,25-28,31-32,34-35,37-38,45,48,51,54,74H,4-6,8,11,13-15,22-24,29-30,33,36,39-44,46-47,49-50,52-53,55-73H2,1-3H3/b10-7-,12-9-,19-16-,20-17-,21-18-,27-25-,28-26-,32-31-,35-34-,38-37-,48-45-,54-51-. The largest absolute Gasteiger partial charge is 0.462 e. The van der Waals surface area contributed by atoms with E-state index in [1.165, 1.54) is 116 Å². The second-order valence-corrected chi connectivity index (χ2v) is 22.3. The summed E-state index contributed by atoms with van der Waals surface area (Å²) in [5, 5.41) is 0. The Morgan fingerprint density at radius 1 is 0.253 bits per heavy atom. The van der Waals surface area contributed by atoms with Gasteiger partial charge in [-0.25, -0.2) is 0 Å². The fourth-order valence-corrected chi connectivity index (χ4v) is 9.23. The van der Waals surface area contributed by atoms with Crippen LogP contribution in [0.3, 0.4) is 0 Å². The van der Waals surface area contributed by atoms with Crippen LogP contribution in [0.5, 0.6) is 0 Å². The van der Waals surface area contributed by atoms with Gasteiger partial charge in [-0.15, -0.1) is 0 Å². The highest BCUT2D eigenvalue weighted by atomic mass is 16.6. The van der Waals surface area contributed by atoms with Gasteiger partial charge >= 0.3 is 17.9 Å². The van der Waals surface area contributed by atoms with Gasteiger partial charge in [0.25, 0.3) is 0 Å². The fourth-order valence-electron chi connectivity index (χ4n) is 9.23. The molecule has 0 aliphatic carbocycles. The summed E-state index contributed by atoms with van der Waals surface area (Å²) in [6, 6.07) is 0. The van der Waals surface area contributed by atoms with Gasteiger partial charge in [0, 0.05) is 19.3 Å². The van der Waals surface area contributed by atoms with E-state index in [-0.39, 0.29) is 31.1 Å². The van der Waals surface area contributed by atoms with Crippen LogP contribution in [0, 0.1) is 0 Å². The van der Waals surface area contributed by atoms with Gasteiger partial charge in [0.05, 0.1) is 0 Å². The molecule has 0 radical (unpaired) electrons. The summed E-state index contributed by atoms with van der Waals surface area (Å²) in [4.78, 5) is 38.4. The first kappa shape index (κ1) is 78.3. The van der Waals surface area contributed by atoms with Crippen LogP contribution in [0.15, 0.2) is 146 Å². The number of unbranched alkanes of at least 4 members (excludes halogenated alkanes) is 26. The summed E-state index contributed by atoms with van der Waals surface area (Å²) in [7, 11) is 0. The minimum Gasteiger partial charge on any atom is -0.462 e. The molecule has 0 amide bonds. The lowest BCUT2D eigenvalue weighted by atomic mass is 10.0. The van der Waals surface area contributed by atoms with Crippen LogP contribution in [0.4, 0.5) is 0 Å². The van der Waals surface area contributed by atoms with Crippen molar-refractivity contribution in [2.75, 3.05) is 13.2 Å². The average molecular weight is 1150 g/mol. The van der Waals surface area contributed by atoms with Crippen LogP contribution in [-0.2, 0) is 28.6 Å². The molecule has 0 aliphatic rings. The predicted molar refractivity (Wildman–Crippen MR) is 362 cm³/mol. The van der Waals surface area contributed by atoms with Crippen molar-refractivity contribution in [3.63, 3.8) is 0 Å². The Hall–Kier alpha value is -4.71. The van der Waals surface area contributed by atoms with E-state index in [0.29, 0.717) is 19.3 Å². The minimum absolute atomic E-state index is 0.0961. The molecule has 83 heavy (non-hydrogen) atoms. The zero-order chi connectivity index (χ0) is 59.9. The topological polar surface area (TPSA) is 78.9 Å². The Morgan fingerprint density at radius 2 is 0.470 bits per heavy atom. The number of hydrogen-bond acceptors (Lipinski definition) is 6. The molecule has 0 aromatic heterocycles. The molecule has 0 rings (SSSR count). The number of esters is 3. The van der Waals surface area contributed by atoms with Crippen LogP contribution in [-0.4, -0.2) is 37.2 Å². The highest BCUT2D eigenvalue weighted by Crippen LogP contribution is 2.16. The smallest absolute Gasteiger partial charge is 0.306 e. The molecule has 0 spiro atoms. The van der Waals surface area contributed by atoms with E-state index in [9.17, 15) is 14.4 Å². The molecule has 0 aliphatic heterocycles. The molecule has 1 atom stereocenters. The van der Waals surface area contributed by atoms with Gasteiger partial charge in [0.15, 0.2) is 6.10 Å². The van der Waals surface area contributed by atoms with Crippen LogP contribution in [0.1, 0.15) is 303 Å². The first-order valence-corrected chi connectivity index (χ1v) is 34.3. The molecule has 0 saturated carbocycles. The van der Waals surface area contributed by atoms with E-state index in [2.05, 4.69) is 167 Å². The third-order valence-corrected chi connectivity index (χ3v) is 14.3. The number of allylic oxidation sites excluding steroid dienone is 24. The van der Waals surface area contributed by atoms with Crippen LogP contribution in [0.2, 0.25) is 0 Å². The molecule has 0 fully saturated rings. The quantitative estimate of drug-likeness (QED) is 0.0261. The average Bonchev–Trinajstić information content (AvgIpc) is 3.49. The summed E-state index contributed by atoms with van der Waals surface area (Å²) in [5.41, 5.74) is 0. The Kier molecular flexibility index (Phi) is 65.8. The molecule has 6 nitrogen and oxygen atoms in total. The molecule has 1 unspecified atom stereocenters.